The molecule has 7 nitrogen and oxygen atoms in total. The quantitative estimate of drug-likeness (QED) is 0.735. The van der Waals surface area contributed by atoms with E-state index in [1.165, 1.54) is 0 Å². The summed E-state index contributed by atoms with van der Waals surface area (Å²) in [5.74, 6) is 0.561. The summed E-state index contributed by atoms with van der Waals surface area (Å²) >= 11 is 0. The molecule has 0 fully saturated rings. The van der Waals surface area contributed by atoms with Gasteiger partial charge in [0.25, 0.3) is 5.91 Å². The van der Waals surface area contributed by atoms with E-state index in [1.54, 1.807) is 0 Å². The van der Waals surface area contributed by atoms with Gasteiger partial charge in [0.05, 0.1) is 6.61 Å². The van der Waals surface area contributed by atoms with Crippen molar-refractivity contribution in [3.8, 4) is 5.75 Å². The summed E-state index contributed by atoms with van der Waals surface area (Å²) in [5.41, 5.74) is 6.26. The van der Waals surface area contributed by atoms with Crippen molar-refractivity contribution in [3.05, 3.63) is 35.7 Å². The van der Waals surface area contributed by atoms with Crippen molar-refractivity contribution in [3.63, 3.8) is 0 Å². The summed E-state index contributed by atoms with van der Waals surface area (Å²) in [6, 6.07) is 7.51. The van der Waals surface area contributed by atoms with Crippen molar-refractivity contribution in [2.45, 2.75) is 13.5 Å². The first kappa shape index (κ1) is 12.9. The first-order valence-electron chi connectivity index (χ1n) is 5.87. The maximum absolute atomic E-state index is 11.7. The van der Waals surface area contributed by atoms with Crippen molar-refractivity contribution in [2.75, 3.05) is 12.3 Å². The van der Waals surface area contributed by atoms with Gasteiger partial charge in [-0.3, -0.25) is 9.89 Å². The van der Waals surface area contributed by atoms with Gasteiger partial charge in [0, 0.05) is 6.54 Å². The summed E-state index contributed by atoms with van der Waals surface area (Å²) < 4.78 is 5.38. The van der Waals surface area contributed by atoms with E-state index in [2.05, 4.69) is 20.5 Å². The van der Waals surface area contributed by atoms with Gasteiger partial charge in [-0.25, -0.2) is 0 Å². The molecule has 2 rings (SSSR count). The standard InChI is InChI=1S/C12H15N5O2/c1-2-19-9-5-3-4-8(6-9)7-14-11(18)10-15-12(13)17-16-10/h3-6H,2,7H2,1H3,(H,14,18)(H3,13,15,16,17). The Morgan fingerprint density at radius 2 is 2.37 bits per heavy atom. The Hall–Kier alpha value is -2.57. The van der Waals surface area contributed by atoms with Crippen LogP contribution in [-0.2, 0) is 6.54 Å². The van der Waals surface area contributed by atoms with Crippen LogP contribution in [0.25, 0.3) is 0 Å². The van der Waals surface area contributed by atoms with Crippen LogP contribution in [0.1, 0.15) is 23.1 Å². The Morgan fingerprint density at radius 1 is 1.53 bits per heavy atom. The molecule has 2 aromatic rings. The molecule has 0 aliphatic carbocycles. The van der Waals surface area contributed by atoms with E-state index in [-0.39, 0.29) is 17.7 Å². The lowest BCUT2D eigenvalue weighted by molar-refractivity contribution is 0.0941. The van der Waals surface area contributed by atoms with Crippen LogP contribution in [0.2, 0.25) is 0 Å². The predicted octanol–water partition coefficient (Wildman–Crippen LogP) is 0.716. The fourth-order valence-corrected chi connectivity index (χ4v) is 1.55. The van der Waals surface area contributed by atoms with Crippen LogP contribution in [0, 0.1) is 0 Å². The highest BCUT2D eigenvalue weighted by atomic mass is 16.5. The maximum atomic E-state index is 11.7. The Balaban J connectivity index is 1.95. The Labute approximate surface area is 110 Å². The molecule has 1 aromatic heterocycles. The largest absolute Gasteiger partial charge is 0.494 e. The predicted molar refractivity (Wildman–Crippen MR) is 69.6 cm³/mol. The molecule has 0 aliphatic heterocycles. The number of nitrogen functional groups attached to an aromatic ring is 1. The SMILES string of the molecule is CCOc1cccc(CNC(=O)c2nc(N)n[nH]2)c1. The Morgan fingerprint density at radius 3 is 3.05 bits per heavy atom. The number of hydrogen-bond donors (Lipinski definition) is 3. The van der Waals surface area contributed by atoms with Gasteiger partial charge >= 0.3 is 0 Å². The number of aromatic nitrogens is 3. The van der Waals surface area contributed by atoms with E-state index >= 15 is 0 Å². The highest BCUT2D eigenvalue weighted by Gasteiger charge is 2.10. The second-order valence-corrected chi connectivity index (χ2v) is 3.81. The van der Waals surface area contributed by atoms with E-state index in [9.17, 15) is 4.79 Å². The molecule has 0 atom stereocenters. The molecule has 0 radical (unpaired) electrons. The average molecular weight is 261 g/mol. The van der Waals surface area contributed by atoms with Gasteiger partial charge in [-0.2, -0.15) is 4.98 Å². The first-order chi connectivity index (χ1) is 9.19. The van der Waals surface area contributed by atoms with Gasteiger partial charge in [-0.15, -0.1) is 5.10 Å². The van der Waals surface area contributed by atoms with Crippen LogP contribution in [0.4, 0.5) is 5.95 Å². The van der Waals surface area contributed by atoms with Gasteiger partial charge in [0.1, 0.15) is 5.75 Å². The van der Waals surface area contributed by atoms with Gasteiger partial charge in [0.2, 0.25) is 11.8 Å². The number of nitrogens with one attached hydrogen (secondary N) is 2. The fourth-order valence-electron chi connectivity index (χ4n) is 1.55. The molecule has 0 aliphatic rings. The maximum Gasteiger partial charge on any atom is 0.288 e. The topological polar surface area (TPSA) is 106 Å². The number of benzene rings is 1. The zero-order chi connectivity index (χ0) is 13.7. The van der Waals surface area contributed by atoms with Crippen molar-refractivity contribution in [1.82, 2.24) is 20.5 Å². The molecule has 0 unspecified atom stereocenters. The number of H-pyrrole nitrogens is 1. The molecule has 1 amide bonds. The molecule has 0 saturated heterocycles. The number of nitrogens with zero attached hydrogens (tertiary/aromatic N) is 2. The number of ether oxygens (including phenoxy) is 1. The van der Waals surface area contributed by atoms with Crippen LogP contribution in [0.5, 0.6) is 5.75 Å². The normalized spacial score (nSPS) is 10.2. The van der Waals surface area contributed by atoms with Crippen LogP contribution < -0.4 is 15.8 Å². The van der Waals surface area contributed by atoms with Gasteiger partial charge in [-0.1, -0.05) is 12.1 Å². The molecule has 100 valence electrons. The minimum absolute atomic E-state index is 0.0449. The first-order valence-corrected chi connectivity index (χ1v) is 5.87. The smallest absolute Gasteiger partial charge is 0.288 e. The summed E-state index contributed by atoms with van der Waals surface area (Å²) in [6.07, 6.45) is 0. The number of anilines is 1. The van der Waals surface area contributed by atoms with Gasteiger partial charge in [0.15, 0.2) is 0 Å². The number of carbonyl (C=O) groups excluding carboxylic acids is 1. The van der Waals surface area contributed by atoms with Gasteiger partial charge < -0.3 is 15.8 Å². The second-order valence-electron chi connectivity index (χ2n) is 3.81. The number of hydrogen-bond acceptors (Lipinski definition) is 5. The lowest BCUT2D eigenvalue weighted by Crippen LogP contribution is -2.24. The third kappa shape index (κ3) is 3.44. The Kier molecular flexibility index (Phi) is 3.97. The lowest BCUT2D eigenvalue weighted by atomic mass is 10.2. The van der Waals surface area contributed by atoms with Crippen molar-refractivity contribution >= 4 is 11.9 Å². The number of carbonyl (C=O) groups is 1. The summed E-state index contributed by atoms with van der Waals surface area (Å²) in [7, 11) is 0. The van der Waals surface area contributed by atoms with Crippen LogP contribution in [-0.4, -0.2) is 27.7 Å². The van der Waals surface area contributed by atoms with Gasteiger partial charge in [-0.05, 0) is 24.6 Å². The highest BCUT2D eigenvalue weighted by molar-refractivity contribution is 5.90. The molecule has 1 aromatic carbocycles. The number of aromatic amines is 1. The fraction of sp³-hybridized carbons (Fsp3) is 0.250. The van der Waals surface area contributed by atoms with Crippen molar-refractivity contribution < 1.29 is 9.53 Å². The molecule has 4 N–H and O–H groups in total. The van der Waals surface area contributed by atoms with E-state index in [0.717, 1.165) is 11.3 Å². The number of nitrogens with two attached hydrogens (primary N) is 1. The summed E-state index contributed by atoms with van der Waals surface area (Å²) in [6.45, 7) is 2.90. The highest BCUT2D eigenvalue weighted by Crippen LogP contribution is 2.13. The van der Waals surface area contributed by atoms with Crippen molar-refractivity contribution in [2.24, 2.45) is 0 Å². The Bertz CT molecular complexity index is 567. The molecular weight excluding hydrogens is 246 g/mol. The zero-order valence-electron chi connectivity index (χ0n) is 10.5. The average Bonchev–Trinajstić information content (AvgIpc) is 2.84. The molecular formula is C12H15N5O2. The molecule has 7 heteroatoms. The van der Waals surface area contributed by atoms with Crippen molar-refractivity contribution in [1.29, 1.82) is 0 Å². The third-order valence-corrected chi connectivity index (χ3v) is 2.38. The van der Waals surface area contributed by atoms with Crippen LogP contribution in [0.3, 0.4) is 0 Å². The monoisotopic (exact) mass is 261 g/mol. The van der Waals surface area contributed by atoms with E-state index in [0.29, 0.717) is 13.2 Å². The lowest BCUT2D eigenvalue weighted by Gasteiger charge is -2.06. The molecule has 0 spiro atoms. The zero-order valence-corrected chi connectivity index (χ0v) is 10.5. The molecule has 0 saturated carbocycles. The molecule has 19 heavy (non-hydrogen) atoms. The van der Waals surface area contributed by atoms with E-state index in [1.807, 2.05) is 31.2 Å². The third-order valence-electron chi connectivity index (χ3n) is 2.38. The number of amides is 1. The van der Waals surface area contributed by atoms with Crippen LogP contribution >= 0.6 is 0 Å². The minimum atomic E-state index is -0.356. The summed E-state index contributed by atoms with van der Waals surface area (Å²) in [4.78, 5) is 15.5. The van der Waals surface area contributed by atoms with Crippen LogP contribution in [0.15, 0.2) is 24.3 Å². The molecule has 1 heterocycles. The number of rotatable bonds is 5. The van der Waals surface area contributed by atoms with E-state index < -0.39 is 0 Å². The second kappa shape index (κ2) is 5.85. The van der Waals surface area contributed by atoms with E-state index in [4.69, 9.17) is 10.5 Å². The summed E-state index contributed by atoms with van der Waals surface area (Å²) in [5, 5.41) is 8.76. The molecule has 0 bridgehead atoms. The minimum Gasteiger partial charge on any atom is -0.494 e.